The molecule has 0 N–H and O–H groups in total. The average molecular weight is 515 g/mol. The Hall–Kier alpha value is -5.16. The number of rotatable bonds is 7. The summed E-state index contributed by atoms with van der Waals surface area (Å²) >= 11 is 0. The Kier molecular flexibility index (Phi) is 6.98. The van der Waals surface area contributed by atoms with Crippen molar-refractivity contribution >= 4 is 22.7 Å². The molecule has 1 heterocycles. The molecule has 1 aromatic heterocycles. The monoisotopic (exact) mass is 514 g/mol. The molecule has 0 fully saturated rings. The molecule has 0 saturated carbocycles. The van der Waals surface area contributed by atoms with E-state index in [1.807, 2.05) is 48.5 Å². The summed E-state index contributed by atoms with van der Waals surface area (Å²) in [7, 11) is 0. The maximum atomic E-state index is 11.8. The van der Waals surface area contributed by atoms with E-state index < -0.39 is 11.9 Å². The van der Waals surface area contributed by atoms with Crippen LogP contribution in [-0.2, 0) is 9.59 Å². The van der Waals surface area contributed by atoms with Gasteiger partial charge in [-0.3, -0.25) is 0 Å². The van der Waals surface area contributed by atoms with E-state index in [0.29, 0.717) is 28.4 Å². The van der Waals surface area contributed by atoms with Crippen LogP contribution >= 0.6 is 0 Å². The van der Waals surface area contributed by atoms with Crippen LogP contribution in [0, 0.1) is 0 Å². The summed E-state index contributed by atoms with van der Waals surface area (Å²) < 4.78 is 16.9. The molecule has 0 aliphatic heterocycles. The van der Waals surface area contributed by atoms with Gasteiger partial charge in [0.25, 0.3) is 0 Å². The fraction of sp³-hybridized carbons (Fsp3) is 0.0588. The molecule has 0 atom stereocenters. The molecular weight excluding hydrogens is 488 g/mol. The molecule has 0 bridgehead atoms. The number of hydrogen-bond acceptors (Lipinski definition) is 5. The maximum Gasteiger partial charge on any atom is 0.338 e. The molecule has 0 unspecified atom stereocenters. The number of carbonyl (C=O) groups excluding carboxylic acids is 2. The first kappa shape index (κ1) is 25.5. The zero-order valence-electron chi connectivity index (χ0n) is 21.7. The number of hydrogen-bond donors (Lipinski definition) is 0. The molecule has 0 aliphatic rings. The predicted molar refractivity (Wildman–Crippen MR) is 153 cm³/mol. The third kappa shape index (κ3) is 5.43. The highest BCUT2D eigenvalue weighted by Gasteiger charge is 2.14. The number of esters is 2. The van der Waals surface area contributed by atoms with E-state index >= 15 is 0 Å². The van der Waals surface area contributed by atoms with Crippen molar-refractivity contribution in [3.8, 4) is 45.3 Å². The van der Waals surface area contributed by atoms with Crippen LogP contribution in [0.25, 0.3) is 44.5 Å². The van der Waals surface area contributed by atoms with Crippen molar-refractivity contribution in [3.05, 3.63) is 121 Å². The Balaban J connectivity index is 1.43. The van der Waals surface area contributed by atoms with Gasteiger partial charge in [0.1, 0.15) is 23.0 Å². The van der Waals surface area contributed by atoms with Crippen LogP contribution < -0.4 is 9.47 Å². The zero-order chi connectivity index (χ0) is 27.5. The third-order valence-corrected chi connectivity index (χ3v) is 6.22. The summed E-state index contributed by atoms with van der Waals surface area (Å²) in [5, 5.41) is 2.12. The lowest BCUT2D eigenvalue weighted by Gasteiger charge is -2.11. The molecule has 0 aliphatic carbocycles. The van der Waals surface area contributed by atoms with Gasteiger partial charge in [0.15, 0.2) is 0 Å². The van der Waals surface area contributed by atoms with E-state index in [0.717, 1.165) is 38.8 Å². The van der Waals surface area contributed by atoms with Gasteiger partial charge in [0.2, 0.25) is 0 Å². The minimum atomic E-state index is -0.458. The number of carbonyl (C=O) groups is 2. The van der Waals surface area contributed by atoms with Crippen LogP contribution in [0.4, 0.5) is 0 Å². The summed E-state index contributed by atoms with van der Waals surface area (Å²) in [4.78, 5) is 23.6. The lowest BCUT2D eigenvalue weighted by atomic mass is 9.94. The lowest BCUT2D eigenvalue weighted by Crippen LogP contribution is -2.07. The Morgan fingerprint density at radius 2 is 1.03 bits per heavy atom. The van der Waals surface area contributed by atoms with Crippen LogP contribution in [0.2, 0.25) is 0 Å². The van der Waals surface area contributed by atoms with Crippen molar-refractivity contribution < 1.29 is 23.5 Å². The van der Waals surface area contributed by atoms with Crippen LogP contribution in [0.5, 0.6) is 11.5 Å². The number of ether oxygens (including phenoxy) is 2. The van der Waals surface area contributed by atoms with Crippen LogP contribution in [0.3, 0.4) is 0 Å². The SMILES string of the molecule is C=C(C)C(=O)Oc1ccc(-c2ccc(-c3ccc(-c4ccc(OC(=O)C(=C)C)cc4)c4ccccc34)o2)cc1. The molecule has 0 amide bonds. The molecule has 5 rings (SSSR count). The minimum absolute atomic E-state index is 0.342. The van der Waals surface area contributed by atoms with Crippen molar-refractivity contribution in [2.75, 3.05) is 0 Å². The molecule has 39 heavy (non-hydrogen) atoms. The minimum Gasteiger partial charge on any atom is -0.456 e. The topological polar surface area (TPSA) is 65.7 Å². The molecule has 5 nitrogen and oxygen atoms in total. The van der Waals surface area contributed by atoms with Crippen molar-refractivity contribution in [3.63, 3.8) is 0 Å². The van der Waals surface area contributed by atoms with Gasteiger partial charge in [0.05, 0.1) is 0 Å². The third-order valence-electron chi connectivity index (χ3n) is 6.22. The van der Waals surface area contributed by atoms with Gasteiger partial charge in [-0.25, -0.2) is 9.59 Å². The smallest absolute Gasteiger partial charge is 0.338 e. The standard InChI is InChI=1S/C34H26O5/c1-21(2)33(35)37-25-13-9-23(10-14-25)27-17-18-30(29-8-6-5-7-28(27)29)32-20-19-31(39-32)24-11-15-26(16-12-24)38-34(36)22(3)4/h5-20H,1,3H2,2,4H3. The first-order valence-corrected chi connectivity index (χ1v) is 12.4. The second-order valence-corrected chi connectivity index (χ2v) is 9.26. The van der Waals surface area contributed by atoms with Crippen molar-refractivity contribution in [1.29, 1.82) is 0 Å². The quantitative estimate of drug-likeness (QED) is 0.124. The number of fused-ring (bicyclic) bond motifs is 1. The van der Waals surface area contributed by atoms with E-state index in [1.54, 1.807) is 38.1 Å². The Morgan fingerprint density at radius 3 is 1.56 bits per heavy atom. The molecule has 0 saturated heterocycles. The predicted octanol–water partition coefficient (Wildman–Crippen LogP) is 8.40. The summed E-state index contributed by atoms with van der Waals surface area (Å²) in [6.45, 7) is 10.4. The van der Waals surface area contributed by atoms with Gasteiger partial charge in [-0.15, -0.1) is 0 Å². The molecule has 192 valence electrons. The Bertz CT molecular complexity index is 1720. The first-order valence-electron chi connectivity index (χ1n) is 12.4. The van der Waals surface area contributed by atoms with Crippen molar-refractivity contribution in [2.45, 2.75) is 13.8 Å². The van der Waals surface area contributed by atoms with Gasteiger partial charge < -0.3 is 13.9 Å². The molecule has 5 aromatic rings. The molecule has 0 radical (unpaired) electrons. The van der Waals surface area contributed by atoms with Crippen LogP contribution in [0.1, 0.15) is 13.8 Å². The molecule has 0 spiro atoms. The van der Waals surface area contributed by atoms with E-state index in [-0.39, 0.29) is 0 Å². The fourth-order valence-electron chi connectivity index (χ4n) is 4.18. The van der Waals surface area contributed by atoms with E-state index in [4.69, 9.17) is 13.9 Å². The zero-order valence-corrected chi connectivity index (χ0v) is 21.7. The highest BCUT2D eigenvalue weighted by Crippen LogP contribution is 2.38. The second-order valence-electron chi connectivity index (χ2n) is 9.26. The summed E-state index contributed by atoms with van der Waals surface area (Å²) in [6.07, 6.45) is 0. The normalized spacial score (nSPS) is 10.7. The first-order chi connectivity index (χ1) is 18.8. The van der Waals surface area contributed by atoms with Crippen LogP contribution in [0.15, 0.2) is 126 Å². The molecule has 4 aromatic carbocycles. The molecular formula is C34H26O5. The van der Waals surface area contributed by atoms with E-state index in [2.05, 4.69) is 37.4 Å². The van der Waals surface area contributed by atoms with Crippen molar-refractivity contribution in [2.24, 2.45) is 0 Å². The summed E-state index contributed by atoms with van der Waals surface area (Å²) in [5.74, 6) is 1.46. The van der Waals surface area contributed by atoms with Gasteiger partial charge in [0, 0.05) is 22.3 Å². The van der Waals surface area contributed by atoms with Crippen molar-refractivity contribution in [1.82, 2.24) is 0 Å². The Labute approximate surface area is 226 Å². The maximum absolute atomic E-state index is 11.8. The molecule has 5 heteroatoms. The van der Waals surface area contributed by atoms with Gasteiger partial charge in [-0.05, 0) is 90.3 Å². The highest BCUT2D eigenvalue weighted by atomic mass is 16.5. The van der Waals surface area contributed by atoms with Gasteiger partial charge in [-0.2, -0.15) is 0 Å². The van der Waals surface area contributed by atoms with E-state index in [1.165, 1.54) is 0 Å². The van der Waals surface area contributed by atoms with Gasteiger partial charge in [-0.1, -0.05) is 55.6 Å². The van der Waals surface area contributed by atoms with Gasteiger partial charge >= 0.3 is 11.9 Å². The largest absolute Gasteiger partial charge is 0.456 e. The Morgan fingerprint density at radius 1 is 0.564 bits per heavy atom. The number of benzene rings is 4. The second kappa shape index (κ2) is 10.7. The number of furan rings is 1. The fourth-order valence-corrected chi connectivity index (χ4v) is 4.18. The average Bonchev–Trinajstić information content (AvgIpc) is 3.43. The summed E-state index contributed by atoms with van der Waals surface area (Å²) in [5.41, 5.74) is 4.58. The highest BCUT2D eigenvalue weighted by molar-refractivity contribution is 6.04. The lowest BCUT2D eigenvalue weighted by molar-refractivity contribution is -0.130. The summed E-state index contributed by atoms with van der Waals surface area (Å²) in [6, 6.07) is 30.8. The van der Waals surface area contributed by atoms with E-state index in [9.17, 15) is 9.59 Å². The van der Waals surface area contributed by atoms with Crippen LogP contribution in [-0.4, -0.2) is 11.9 Å².